The van der Waals surface area contributed by atoms with Crippen molar-refractivity contribution in [2.24, 2.45) is 17.8 Å². The van der Waals surface area contributed by atoms with Gasteiger partial charge in [0, 0.05) is 6.04 Å². The minimum absolute atomic E-state index is 0.748. The van der Waals surface area contributed by atoms with E-state index in [0.29, 0.717) is 0 Å². The van der Waals surface area contributed by atoms with Crippen LogP contribution >= 0.6 is 0 Å². The zero-order chi connectivity index (χ0) is 12.4. The van der Waals surface area contributed by atoms with Crippen LogP contribution in [-0.2, 0) is 0 Å². The van der Waals surface area contributed by atoms with E-state index in [1.165, 1.54) is 64.3 Å². The minimum atomic E-state index is 0.748. The summed E-state index contributed by atoms with van der Waals surface area (Å²) in [4.78, 5) is 0. The molecule has 3 unspecified atom stereocenters. The van der Waals surface area contributed by atoms with E-state index in [1.54, 1.807) is 5.57 Å². The van der Waals surface area contributed by atoms with Crippen LogP contribution < -0.4 is 5.32 Å². The molecule has 0 aliphatic heterocycles. The van der Waals surface area contributed by atoms with Gasteiger partial charge in [-0.15, -0.1) is 0 Å². The maximum Gasteiger partial charge on any atom is 0.0313 e. The highest BCUT2D eigenvalue weighted by Crippen LogP contribution is 2.58. The van der Waals surface area contributed by atoms with Gasteiger partial charge in [0.2, 0.25) is 0 Å². The predicted octanol–water partition coefficient (Wildman–Crippen LogP) is 4.29. The smallest absolute Gasteiger partial charge is 0.0313 e. The Morgan fingerprint density at radius 3 is 2.56 bits per heavy atom. The van der Waals surface area contributed by atoms with Crippen molar-refractivity contribution in [3.63, 3.8) is 0 Å². The molecule has 3 aliphatic rings. The van der Waals surface area contributed by atoms with E-state index >= 15 is 0 Å². The van der Waals surface area contributed by atoms with E-state index in [2.05, 4.69) is 18.3 Å². The Labute approximate surface area is 112 Å². The molecular formula is C17H29N. The fourth-order valence-corrected chi connectivity index (χ4v) is 4.50. The first kappa shape index (κ1) is 12.7. The van der Waals surface area contributed by atoms with E-state index < -0.39 is 0 Å². The molecule has 2 saturated carbocycles. The van der Waals surface area contributed by atoms with Crippen molar-refractivity contribution in [2.75, 3.05) is 6.54 Å². The van der Waals surface area contributed by atoms with Crippen molar-refractivity contribution in [1.29, 1.82) is 0 Å². The number of nitrogens with one attached hydrogen (secondary N) is 1. The van der Waals surface area contributed by atoms with E-state index in [1.807, 2.05) is 0 Å². The topological polar surface area (TPSA) is 12.0 Å². The fourth-order valence-electron chi connectivity index (χ4n) is 4.50. The number of hydrogen-bond donors (Lipinski definition) is 1. The van der Waals surface area contributed by atoms with Gasteiger partial charge in [0.15, 0.2) is 0 Å². The van der Waals surface area contributed by atoms with E-state index in [9.17, 15) is 0 Å². The molecule has 0 aromatic rings. The Morgan fingerprint density at radius 1 is 1.17 bits per heavy atom. The fraction of sp³-hybridized carbons (Fsp3) is 0.882. The molecule has 102 valence electrons. The molecule has 0 spiro atoms. The molecular weight excluding hydrogens is 218 g/mol. The molecule has 0 radical (unpaired) electrons. The molecule has 2 fully saturated rings. The van der Waals surface area contributed by atoms with Crippen molar-refractivity contribution in [2.45, 2.75) is 70.8 Å². The summed E-state index contributed by atoms with van der Waals surface area (Å²) in [6.07, 6.45) is 15.4. The van der Waals surface area contributed by atoms with Crippen molar-refractivity contribution in [3.05, 3.63) is 11.6 Å². The second-order valence-electron chi connectivity index (χ2n) is 6.65. The highest BCUT2D eigenvalue weighted by atomic mass is 14.9. The second kappa shape index (κ2) is 5.77. The summed E-state index contributed by atoms with van der Waals surface area (Å²) in [6, 6.07) is 0.748. The monoisotopic (exact) mass is 247 g/mol. The van der Waals surface area contributed by atoms with Gasteiger partial charge in [-0.2, -0.15) is 0 Å². The summed E-state index contributed by atoms with van der Waals surface area (Å²) < 4.78 is 0. The molecule has 0 bridgehead atoms. The molecule has 0 saturated heterocycles. The van der Waals surface area contributed by atoms with Crippen molar-refractivity contribution in [3.8, 4) is 0 Å². The lowest BCUT2D eigenvalue weighted by Gasteiger charge is -2.25. The predicted molar refractivity (Wildman–Crippen MR) is 77.6 cm³/mol. The van der Waals surface area contributed by atoms with Gasteiger partial charge in [0.05, 0.1) is 0 Å². The maximum absolute atomic E-state index is 3.89. The summed E-state index contributed by atoms with van der Waals surface area (Å²) in [5, 5.41) is 3.89. The zero-order valence-electron chi connectivity index (χ0n) is 12.0. The zero-order valence-corrected chi connectivity index (χ0v) is 12.0. The Hall–Kier alpha value is -0.300. The number of allylic oxidation sites excluding steroid dienone is 1. The highest BCUT2D eigenvalue weighted by molar-refractivity contribution is 5.21. The Kier molecular flexibility index (Phi) is 4.08. The van der Waals surface area contributed by atoms with Gasteiger partial charge in [-0.3, -0.25) is 0 Å². The molecule has 0 aromatic heterocycles. The van der Waals surface area contributed by atoms with Gasteiger partial charge in [-0.05, 0) is 69.2 Å². The molecule has 3 atom stereocenters. The first-order valence-corrected chi connectivity index (χ1v) is 8.34. The second-order valence-corrected chi connectivity index (χ2v) is 6.65. The summed E-state index contributed by atoms with van der Waals surface area (Å²) in [5.74, 6) is 3.16. The normalized spacial score (nSPS) is 36.7. The third-order valence-corrected chi connectivity index (χ3v) is 5.45. The van der Waals surface area contributed by atoms with Crippen LogP contribution in [0, 0.1) is 17.8 Å². The molecule has 3 rings (SSSR count). The largest absolute Gasteiger partial charge is 0.310 e. The number of rotatable bonds is 5. The quantitative estimate of drug-likeness (QED) is 0.715. The van der Waals surface area contributed by atoms with Crippen LogP contribution in [0.1, 0.15) is 64.7 Å². The maximum atomic E-state index is 3.89. The van der Waals surface area contributed by atoms with Gasteiger partial charge in [0.25, 0.3) is 0 Å². The first-order valence-electron chi connectivity index (χ1n) is 8.34. The van der Waals surface area contributed by atoms with Crippen LogP contribution in [0.25, 0.3) is 0 Å². The molecule has 0 aromatic carbocycles. The lowest BCUT2D eigenvalue weighted by Crippen LogP contribution is -2.35. The van der Waals surface area contributed by atoms with E-state index in [0.717, 1.165) is 23.8 Å². The molecule has 1 N–H and O–H groups in total. The Morgan fingerprint density at radius 2 is 1.94 bits per heavy atom. The first-order chi connectivity index (χ1) is 8.92. The Balaban J connectivity index is 1.67. The van der Waals surface area contributed by atoms with Crippen LogP contribution in [-0.4, -0.2) is 12.6 Å². The van der Waals surface area contributed by atoms with Gasteiger partial charge in [-0.25, -0.2) is 0 Å². The van der Waals surface area contributed by atoms with E-state index in [-0.39, 0.29) is 0 Å². The molecule has 18 heavy (non-hydrogen) atoms. The van der Waals surface area contributed by atoms with Crippen LogP contribution in [0.15, 0.2) is 11.6 Å². The van der Waals surface area contributed by atoms with E-state index in [4.69, 9.17) is 0 Å². The van der Waals surface area contributed by atoms with Crippen LogP contribution in [0.3, 0.4) is 0 Å². The van der Waals surface area contributed by atoms with Gasteiger partial charge in [0.1, 0.15) is 0 Å². The van der Waals surface area contributed by atoms with Crippen molar-refractivity contribution >= 4 is 0 Å². The lowest BCUT2D eigenvalue weighted by molar-refractivity contribution is 0.456. The molecule has 0 amide bonds. The van der Waals surface area contributed by atoms with Crippen molar-refractivity contribution < 1.29 is 0 Å². The average Bonchev–Trinajstić information content (AvgIpc) is 3.15. The third kappa shape index (κ3) is 2.52. The van der Waals surface area contributed by atoms with Gasteiger partial charge in [-0.1, -0.05) is 31.4 Å². The Bertz CT molecular complexity index is 295. The standard InChI is InChI=1S/C17H29N/c1-2-12-18-17(13-8-4-3-5-9-13)16-14-10-6-7-11-15(14)16/h8,14-18H,2-7,9-12H2,1H3. The summed E-state index contributed by atoms with van der Waals surface area (Å²) >= 11 is 0. The van der Waals surface area contributed by atoms with Crippen molar-refractivity contribution in [1.82, 2.24) is 5.32 Å². The summed E-state index contributed by atoms with van der Waals surface area (Å²) in [7, 11) is 0. The van der Waals surface area contributed by atoms with Gasteiger partial charge >= 0.3 is 0 Å². The van der Waals surface area contributed by atoms with Crippen LogP contribution in [0.5, 0.6) is 0 Å². The SMILES string of the molecule is CCCNC(C1=CCCCC1)C1C2CCCCC21. The van der Waals surface area contributed by atoms with Gasteiger partial charge < -0.3 is 5.32 Å². The van der Waals surface area contributed by atoms with Crippen LogP contribution in [0.4, 0.5) is 0 Å². The molecule has 1 heteroatoms. The average molecular weight is 247 g/mol. The number of fused-ring (bicyclic) bond motifs is 1. The third-order valence-electron chi connectivity index (χ3n) is 5.45. The highest BCUT2D eigenvalue weighted by Gasteiger charge is 2.54. The summed E-state index contributed by atoms with van der Waals surface area (Å²) in [6.45, 7) is 3.50. The molecule has 1 nitrogen and oxygen atoms in total. The summed E-state index contributed by atoms with van der Waals surface area (Å²) in [5.41, 5.74) is 1.77. The van der Waals surface area contributed by atoms with Crippen LogP contribution in [0.2, 0.25) is 0 Å². The molecule has 3 aliphatic carbocycles. The lowest BCUT2D eigenvalue weighted by atomic mass is 9.90. The molecule has 0 heterocycles. The minimum Gasteiger partial charge on any atom is -0.310 e. The number of hydrogen-bond acceptors (Lipinski definition) is 1.